The lowest BCUT2D eigenvalue weighted by Crippen LogP contribution is -2.23. The Morgan fingerprint density at radius 1 is 1.12 bits per heavy atom. The molecule has 0 unspecified atom stereocenters. The molecule has 0 bridgehead atoms. The molecule has 24 heavy (non-hydrogen) atoms. The number of hydrogen-bond acceptors (Lipinski definition) is 4. The van der Waals surface area contributed by atoms with Gasteiger partial charge in [0.2, 0.25) is 0 Å². The van der Waals surface area contributed by atoms with Gasteiger partial charge in [-0.1, -0.05) is 22.0 Å². The Bertz CT molecular complexity index is 805. The Kier molecular flexibility index (Phi) is 4.85. The molecule has 2 aromatic carbocycles. The number of carbonyl (C=O) groups excluding carboxylic acids is 1. The second kappa shape index (κ2) is 7.05. The molecule has 3 rings (SSSR count). The monoisotopic (exact) mass is 388 g/mol. The average molecular weight is 389 g/mol. The van der Waals surface area contributed by atoms with E-state index in [1.165, 1.54) is 5.01 Å². The van der Waals surface area contributed by atoms with Crippen molar-refractivity contribution in [2.45, 2.75) is 6.42 Å². The molecular formula is C18H17BrN2O3. The summed E-state index contributed by atoms with van der Waals surface area (Å²) < 4.78 is 11.4. The van der Waals surface area contributed by atoms with Gasteiger partial charge in [0.05, 0.1) is 26.5 Å². The lowest BCUT2D eigenvalue weighted by Gasteiger charge is -2.11. The molecule has 1 heterocycles. The fourth-order valence-corrected chi connectivity index (χ4v) is 2.99. The van der Waals surface area contributed by atoms with Crippen molar-refractivity contribution in [3.63, 3.8) is 0 Å². The third-order valence-electron chi connectivity index (χ3n) is 3.82. The van der Waals surface area contributed by atoms with E-state index >= 15 is 0 Å². The number of methoxy groups -OCH3 is 2. The number of nitrogens with zero attached hydrogens (tertiary/aromatic N) is 2. The third-order valence-corrected chi connectivity index (χ3v) is 4.32. The summed E-state index contributed by atoms with van der Waals surface area (Å²) in [6.07, 6.45) is 0.704. The van der Waals surface area contributed by atoms with Crippen LogP contribution in [0, 0.1) is 0 Å². The first kappa shape index (κ1) is 16.5. The third kappa shape index (κ3) is 3.28. The largest absolute Gasteiger partial charge is 0.493 e. The van der Waals surface area contributed by atoms with Crippen LogP contribution in [-0.4, -0.2) is 37.4 Å². The molecule has 5 nitrogen and oxygen atoms in total. The van der Waals surface area contributed by atoms with Crippen molar-refractivity contribution in [2.24, 2.45) is 5.10 Å². The fourth-order valence-electron chi connectivity index (χ4n) is 2.59. The molecule has 0 N–H and O–H groups in total. The van der Waals surface area contributed by atoms with Crippen LogP contribution in [0.3, 0.4) is 0 Å². The maximum absolute atomic E-state index is 12.6. The maximum atomic E-state index is 12.6. The van der Waals surface area contributed by atoms with E-state index in [2.05, 4.69) is 21.0 Å². The molecule has 124 valence electrons. The highest BCUT2D eigenvalue weighted by Gasteiger charge is 2.23. The highest BCUT2D eigenvalue weighted by molar-refractivity contribution is 9.10. The Hall–Kier alpha value is -2.34. The van der Waals surface area contributed by atoms with Crippen LogP contribution in [0.15, 0.2) is 52.0 Å². The number of benzene rings is 2. The van der Waals surface area contributed by atoms with Crippen molar-refractivity contribution in [2.75, 3.05) is 20.8 Å². The molecule has 1 amide bonds. The van der Waals surface area contributed by atoms with E-state index < -0.39 is 0 Å². The van der Waals surface area contributed by atoms with Gasteiger partial charge in [-0.05, 0) is 36.4 Å². The Morgan fingerprint density at radius 3 is 2.62 bits per heavy atom. The van der Waals surface area contributed by atoms with Crippen molar-refractivity contribution in [3.05, 3.63) is 58.1 Å². The van der Waals surface area contributed by atoms with Gasteiger partial charge in [-0.25, -0.2) is 5.01 Å². The highest BCUT2D eigenvalue weighted by Crippen LogP contribution is 2.29. The fraction of sp³-hybridized carbons (Fsp3) is 0.222. The van der Waals surface area contributed by atoms with E-state index in [-0.39, 0.29) is 5.91 Å². The Balaban J connectivity index is 1.84. The Labute approximate surface area is 149 Å². The normalized spacial score (nSPS) is 13.6. The van der Waals surface area contributed by atoms with Gasteiger partial charge in [0.15, 0.2) is 11.5 Å². The van der Waals surface area contributed by atoms with Crippen LogP contribution in [-0.2, 0) is 0 Å². The molecule has 0 saturated carbocycles. The van der Waals surface area contributed by atoms with E-state index in [9.17, 15) is 4.79 Å². The van der Waals surface area contributed by atoms with E-state index in [0.717, 1.165) is 15.7 Å². The minimum absolute atomic E-state index is 0.105. The summed E-state index contributed by atoms with van der Waals surface area (Å²) in [6, 6.07) is 13.0. The van der Waals surface area contributed by atoms with Crippen molar-refractivity contribution in [3.8, 4) is 11.5 Å². The zero-order valence-corrected chi connectivity index (χ0v) is 15.0. The lowest BCUT2D eigenvalue weighted by atomic mass is 10.1. The van der Waals surface area contributed by atoms with Gasteiger partial charge in [-0.15, -0.1) is 0 Å². The van der Waals surface area contributed by atoms with Gasteiger partial charge in [0.25, 0.3) is 5.91 Å². The molecule has 0 aliphatic carbocycles. The minimum Gasteiger partial charge on any atom is -0.493 e. The number of ether oxygens (including phenoxy) is 2. The molecule has 0 spiro atoms. The van der Waals surface area contributed by atoms with Gasteiger partial charge in [0, 0.05) is 22.0 Å². The number of rotatable bonds is 4. The number of halogens is 1. The van der Waals surface area contributed by atoms with Gasteiger partial charge < -0.3 is 9.47 Å². The zero-order chi connectivity index (χ0) is 17.1. The Morgan fingerprint density at radius 2 is 1.92 bits per heavy atom. The predicted molar refractivity (Wildman–Crippen MR) is 95.9 cm³/mol. The van der Waals surface area contributed by atoms with Crippen LogP contribution in [0.5, 0.6) is 11.5 Å². The SMILES string of the molecule is COc1ccc(C2=NN(C(=O)c3cccc(Br)c3)CC2)cc1OC. The van der Waals surface area contributed by atoms with Gasteiger partial charge in [-0.2, -0.15) is 5.10 Å². The molecule has 0 atom stereocenters. The van der Waals surface area contributed by atoms with Crippen molar-refractivity contribution < 1.29 is 14.3 Å². The van der Waals surface area contributed by atoms with Gasteiger partial charge in [-0.3, -0.25) is 4.79 Å². The zero-order valence-electron chi connectivity index (χ0n) is 13.5. The molecule has 0 saturated heterocycles. The van der Waals surface area contributed by atoms with Crippen molar-refractivity contribution in [1.29, 1.82) is 0 Å². The number of amides is 1. The van der Waals surface area contributed by atoms with Crippen LogP contribution in [0.2, 0.25) is 0 Å². The summed E-state index contributed by atoms with van der Waals surface area (Å²) in [7, 11) is 3.20. The summed E-state index contributed by atoms with van der Waals surface area (Å²) in [6.45, 7) is 0.565. The second-order valence-corrected chi connectivity index (χ2v) is 6.22. The predicted octanol–water partition coefficient (Wildman–Crippen LogP) is 3.72. The number of hydrazone groups is 1. The highest BCUT2D eigenvalue weighted by atomic mass is 79.9. The van der Waals surface area contributed by atoms with Crippen molar-refractivity contribution >= 4 is 27.5 Å². The number of carbonyl (C=O) groups is 1. The smallest absolute Gasteiger partial charge is 0.274 e. The maximum Gasteiger partial charge on any atom is 0.274 e. The molecular weight excluding hydrogens is 372 g/mol. The minimum atomic E-state index is -0.105. The summed E-state index contributed by atoms with van der Waals surface area (Å²) in [5, 5.41) is 5.99. The summed E-state index contributed by atoms with van der Waals surface area (Å²) >= 11 is 3.38. The molecule has 2 aromatic rings. The average Bonchev–Trinajstić information content (AvgIpc) is 3.10. The summed E-state index contributed by atoms with van der Waals surface area (Å²) in [5.41, 5.74) is 2.40. The topological polar surface area (TPSA) is 51.1 Å². The van der Waals surface area contributed by atoms with Gasteiger partial charge in [0.1, 0.15) is 0 Å². The first-order chi connectivity index (χ1) is 11.6. The molecule has 0 radical (unpaired) electrons. The van der Waals surface area contributed by atoms with E-state index in [1.807, 2.05) is 30.3 Å². The second-order valence-electron chi connectivity index (χ2n) is 5.31. The molecule has 1 aliphatic rings. The van der Waals surface area contributed by atoms with Crippen LogP contribution in [0.4, 0.5) is 0 Å². The molecule has 1 aliphatic heterocycles. The van der Waals surface area contributed by atoms with E-state index in [1.54, 1.807) is 26.4 Å². The van der Waals surface area contributed by atoms with Crippen molar-refractivity contribution in [1.82, 2.24) is 5.01 Å². The van der Waals surface area contributed by atoms with Crippen LogP contribution < -0.4 is 9.47 Å². The van der Waals surface area contributed by atoms with Crippen LogP contribution in [0.1, 0.15) is 22.3 Å². The first-order valence-electron chi connectivity index (χ1n) is 7.49. The first-order valence-corrected chi connectivity index (χ1v) is 8.29. The summed E-state index contributed by atoms with van der Waals surface area (Å²) in [5.74, 6) is 1.21. The van der Waals surface area contributed by atoms with Crippen LogP contribution >= 0.6 is 15.9 Å². The quantitative estimate of drug-likeness (QED) is 0.801. The van der Waals surface area contributed by atoms with Gasteiger partial charge >= 0.3 is 0 Å². The number of hydrogen-bond donors (Lipinski definition) is 0. The standard InChI is InChI=1S/C18H17BrN2O3/c1-23-16-7-6-12(11-17(16)24-2)15-8-9-21(20-15)18(22)13-4-3-5-14(19)10-13/h3-7,10-11H,8-9H2,1-2H3. The lowest BCUT2D eigenvalue weighted by molar-refractivity contribution is 0.0778. The molecule has 0 fully saturated rings. The molecule has 6 heteroatoms. The molecule has 0 aromatic heterocycles. The van der Waals surface area contributed by atoms with E-state index in [0.29, 0.717) is 30.0 Å². The van der Waals surface area contributed by atoms with E-state index in [4.69, 9.17) is 9.47 Å². The van der Waals surface area contributed by atoms with Crippen LogP contribution in [0.25, 0.3) is 0 Å². The summed E-state index contributed by atoms with van der Waals surface area (Å²) in [4.78, 5) is 12.6.